The molecule has 0 spiro atoms. The van der Waals surface area contributed by atoms with Gasteiger partial charge in [-0.15, -0.1) is 5.56 Å². The second-order valence-electron chi connectivity index (χ2n) is 10.7. The van der Waals surface area contributed by atoms with Crippen molar-refractivity contribution in [1.29, 1.82) is 0 Å². The van der Waals surface area contributed by atoms with Crippen LogP contribution in [0.1, 0.15) is 55.6 Å². The fourth-order valence-electron chi connectivity index (χ4n) is 5.98. The van der Waals surface area contributed by atoms with Crippen LogP contribution in [0, 0.1) is 13.3 Å². The zero-order valence-corrected chi connectivity index (χ0v) is 26.2. The zero-order valence-electron chi connectivity index (χ0n) is 25.1. The smallest absolute Gasteiger partial charge is 0 e. The van der Waals surface area contributed by atoms with Gasteiger partial charge in [0.2, 0.25) is 0 Å². The Labute approximate surface area is 277 Å². The van der Waals surface area contributed by atoms with E-state index in [1.165, 1.54) is 55.6 Å². The average molecular weight is 631 g/mol. The van der Waals surface area contributed by atoms with Gasteiger partial charge < -0.3 is 0 Å². The average Bonchev–Trinajstić information content (AvgIpc) is 3.34. The molecule has 1 radical (unpaired) electrons. The normalized spacial score (nSPS) is 9.87. The Bertz CT molecular complexity index is 1410. The molecule has 0 unspecified atom stereocenters. The first-order chi connectivity index (χ1) is 21.8. The van der Waals surface area contributed by atoms with Gasteiger partial charge in [-0.1, -0.05) is 181 Å². The van der Waals surface area contributed by atoms with Gasteiger partial charge in [0.25, 0.3) is 0 Å². The molecule has 0 aliphatic heterocycles. The van der Waals surface area contributed by atoms with Crippen LogP contribution in [-0.2, 0) is 58.2 Å². The van der Waals surface area contributed by atoms with Crippen molar-refractivity contribution in [2.45, 2.75) is 32.1 Å². The van der Waals surface area contributed by atoms with Crippen molar-refractivity contribution in [2.24, 2.45) is 0 Å². The number of rotatable bonds is 10. The topological polar surface area (TPSA) is 39.8 Å². The first-order valence-electron chi connectivity index (χ1n) is 14.7. The molecular formula is C42H35CoO2-. The van der Waals surface area contributed by atoms with E-state index in [1.54, 1.807) is 0 Å². The summed E-state index contributed by atoms with van der Waals surface area (Å²) in [4.78, 5) is 0. The standard InChI is InChI=1S/C40H35.2CO.Co/c1-6-16-31(17-7-1)26-36-37(27-32-18-8-2-9-19-32)39(29-34-22-12-4-13-23-34)40(30-35-24-14-5-15-25-35)38(36)28-33-20-10-3-11-21-33;2*1-2;/h1-25H,26-30H2;;;/q-1;;;. The summed E-state index contributed by atoms with van der Waals surface area (Å²) in [6.45, 7) is 9.00. The van der Waals surface area contributed by atoms with Crippen LogP contribution in [0.5, 0.6) is 0 Å². The van der Waals surface area contributed by atoms with Crippen molar-refractivity contribution in [3.05, 3.63) is 221 Å². The summed E-state index contributed by atoms with van der Waals surface area (Å²) in [6, 6.07) is 55.0. The van der Waals surface area contributed by atoms with Gasteiger partial charge in [0.05, 0.1) is 0 Å². The van der Waals surface area contributed by atoms with E-state index < -0.39 is 0 Å². The summed E-state index contributed by atoms with van der Waals surface area (Å²) in [5, 5.41) is 0. The van der Waals surface area contributed by atoms with Crippen LogP contribution in [0.3, 0.4) is 0 Å². The fourth-order valence-corrected chi connectivity index (χ4v) is 5.98. The third kappa shape index (κ3) is 9.71. The van der Waals surface area contributed by atoms with Crippen LogP contribution < -0.4 is 0 Å². The summed E-state index contributed by atoms with van der Waals surface area (Å²) >= 11 is 0. The summed E-state index contributed by atoms with van der Waals surface area (Å²) in [5.74, 6) is 0. The third-order valence-electron chi connectivity index (χ3n) is 7.94. The molecular weight excluding hydrogens is 595 g/mol. The van der Waals surface area contributed by atoms with Gasteiger partial charge in [-0.25, -0.2) is 0 Å². The summed E-state index contributed by atoms with van der Waals surface area (Å²) in [5.41, 5.74) is 14.4. The zero-order chi connectivity index (χ0) is 31.0. The molecule has 0 saturated heterocycles. The molecule has 0 aliphatic carbocycles. The Kier molecular flexibility index (Phi) is 14.7. The molecule has 6 aromatic carbocycles. The Morgan fingerprint density at radius 2 is 0.600 bits per heavy atom. The molecule has 0 aromatic heterocycles. The molecule has 0 amide bonds. The number of benzene rings is 5. The Hall–Kier alpha value is -4.56. The van der Waals surface area contributed by atoms with Crippen LogP contribution in [0.25, 0.3) is 0 Å². The van der Waals surface area contributed by atoms with Gasteiger partial charge in [0.15, 0.2) is 0 Å². The first-order valence-corrected chi connectivity index (χ1v) is 14.7. The van der Waals surface area contributed by atoms with Crippen molar-refractivity contribution >= 4 is 0 Å². The van der Waals surface area contributed by atoms with Gasteiger partial charge in [-0.3, -0.25) is 0 Å². The molecule has 6 aromatic rings. The van der Waals surface area contributed by atoms with E-state index in [2.05, 4.69) is 165 Å². The van der Waals surface area contributed by atoms with Crippen molar-refractivity contribution in [2.75, 3.05) is 0 Å². The molecule has 0 bridgehead atoms. The molecule has 0 fully saturated rings. The van der Waals surface area contributed by atoms with Crippen LogP contribution >= 0.6 is 0 Å². The second-order valence-corrected chi connectivity index (χ2v) is 10.7. The molecule has 3 heteroatoms. The molecule has 0 aliphatic rings. The van der Waals surface area contributed by atoms with Crippen LogP contribution in [0.15, 0.2) is 152 Å². The maximum Gasteiger partial charge on any atom is 0 e. The van der Waals surface area contributed by atoms with Crippen molar-refractivity contribution in [1.82, 2.24) is 0 Å². The number of hydrogen-bond donors (Lipinski definition) is 0. The van der Waals surface area contributed by atoms with Crippen LogP contribution in [0.2, 0.25) is 0 Å². The number of hydrogen-bond acceptors (Lipinski definition) is 0. The molecule has 0 atom stereocenters. The minimum absolute atomic E-state index is 0. The van der Waals surface area contributed by atoms with E-state index in [0.29, 0.717) is 0 Å². The minimum atomic E-state index is 0. The quantitative estimate of drug-likeness (QED) is 0.107. The molecule has 2 nitrogen and oxygen atoms in total. The molecule has 0 heterocycles. The van der Waals surface area contributed by atoms with Crippen molar-refractivity contribution in [3.8, 4) is 0 Å². The first kappa shape index (κ1) is 34.9. The minimum Gasteiger partial charge on any atom is -0.187 e. The van der Waals surface area contributed by atoms with Gasteiger partial charge in [-0.2, -0.15) is 22.3 Å². The fraction of sp³-hybridized carbons (Fsp3) is 0.119. The van der Waals surface area contributed by atoms with Crippen LogP contribution in [-0.4, -0.2) is 0 Å². The Morgan fingerprint density at radius 3 is 0.889 bits per heavy atom. The maximum absolute atomic E-state index is 7.50. The summed E-state index contributed by atoms with van der Waals surface area (Å²) in [7, 11) is 0. The van der Waals surface area contributed by atoms with E-state index >= 15 is 0 Å². The molecule has 6 rings (SSSR count). The Morgan fingerprint density at radius 1 is 0.356 bits per heavy atom. The van der Waals surface area contributed by atoms with Crippen molar-refractivity contribution in [3.63, 3.8) is 0 Å². The van der Waals surface area contributed by atoms with E-state index in [9.17, 15) is 0 Å². The second kappa shape index (κ2) is 19.0. The van der Waals surface area contributed by atoms with E-state index in [-0.39, 0.29) is 16.8 Å². The molecule has 225 valence electrons. The van der Waals surface area contributed by atoms with Gasteiger partial charge in [-0.05, 0) is 30.4 Å². The largest absolute Gasteiger partial charge is 0.187 e. The van der Waals surface area contributed by atoms with Gasteiger partial charge in [0, 0.05) is 16.8 Å². The third-order valence-corrected chi connectivity index (χ3v) is 7.94. The van der Waals surface area contributed by atoms with Gasteiger partial charge in [0.1, 0.15) is 0 Å². The maximum atomic E-state index is 7.50. The molecule has 0 N–H and O–H groups in total. The summed E-state index contributed by atoms with van der Waals surface area (Å²) in [6.07, 6.45) is 4.73. The van der Waals surface area contributed by atoms with E-state index in [1.807, 2.05) is 0 Å². The SMILES string of the molecule is [C-]#[O+].[C-]#[O+].[Co].c1ccc(Cc2c(Cc3ccccc3)c(Cc3ccccc3)[c-](Cc3ccccc3)c2Cc2ccccc2)cc1. The molecule has 45 heavy (non-hydrogen) atoms. The summed E-state index contributed by atoms with van der Waals surface area (Å²) < 4.78 is 15.0. The van der Waals surface area contributed by atoms with Crippen LogP contribution in [0.4, 0.5) is 0 Å². The predicted molar refractivity (Wildman–Crippen MR) is 176 cm³/mol. The monoisotopic (exact) mass is 630 g/mol. The van der Waals surface area contributed by atoms with Gasteiger partial charge >= 0.3 is 22.6 Å². The predicted octanol–water partition coefficient (Wildman–Crippen LogP) is 9.28. The van der Waals surface area contributed by atoms with Crippen molar-refractivity contribution < 1.29 is 26.1 Å². The van der Waals surface area contributed by atoms with E-state index in [0.717, 1.165) is 32.1 Å². The molecule has 0 saturated carbocycles. The Balaban J connectivity index is 0.00000106. The van der Waals surface area contributed by atoms with E-state index in [4.69, 9.17) is 9.30 Å².